The van der Waals surface area contributed by atoms with Gasteiger partial charge < -0.3 is 10.6 Å². The molecule has 1 aromatic heterocycles. The first-order chi connectivity index (χ1) is 8.16. The van der Waals surface area contributed by atoms with Crippen LogP contribution in [0.2, 0.25) is 0 Å². The number of amides is 1. The highest BCUT2D eigenvalue weighted by Gasteiger charge is 2.20. The number of anilines is 1. The average molecular weight is 233 g/mol. The molecule has 1 aromatic rings. The zero-order chi connectivity index (χ0) is 12.3. The van der Waals surface area contributed by atoms with Crippen molar-refractivity contribution in [2.24, 2.45) is 5.92 Å². The molecular weight excluding hydrogens is 214 g/mol. The second-order valence-corrected chi connectivity index (χ2v) is 4.81. The van der Waals surface area contributed by atoms with E-state index in [9.17, 15) is 4.79 Å². The number of carbonyl (C=O) groups is 1. The topological polar surface area (TPSA) is 59.2 Å². The highest BCUT2D eigenvalue weighted by atomic mass is 16.2. The Bertz CT molecular complexity index is 388. The van der Waals surface area contributed by atoms with Crippen LogP contribution in [0.4, 0.5) is 5.69 Å². The van der Waals surface area contributed by atoms with E-state index in [1.807, 2.05) is 4.90 Å². The van der Waals surface area contributed by atoms with E-state index in [0.717, 1.165) is 25.9 Å². The summed E-state index contributed by atoms with van der Waals surface area (Å²) in [5.74, 6) is 0.742. The number of carbonyl (C=O) groups excluding carboxylic acids is 1. The van der Waals surface area contributed by atoms with Crippen LogP contribution in [0.15, 0.2) is 18.3 Å². The first-order valence-electron chi connectivity index (χ1n) is 6.17. The van der Waals surface area contributed by atoms with Gasteiger partial charge in [0.2, 0.25) is 0 Å². The van der Waals surface area contributed by atoms with E-state index in [2.05, 4.69) is 11.9 Å². The number of nitrogens with zero attached hydrogens (tertiary/aromatic N) is 2. The van der Waals surface area contributed by atoms with Gasteiger partial charge >= 0.3 is 0 Å². The number of pyridine rings is 1. The molecule has 0 saturated carbocycles. The van der Waals surface area contributed by atoms with Crippen LogP contribution in [0.3, 0.4) is 0 Å². The number of nitrogens with two attached hydrogens (primary N) is 1. The lowest BCUT2D eigenvalue weighted by Gasteiger charge is -2.19. The molecule has 92 valence electrons. The van der Waals surface area contributed by atoms with Gasteiger partial charge in [0.05, 0.1) is 11.9 Å². The number of hydrogen-bond acceptors (Lipinski definition) is 3. The molecule has 1 aliphatic heterocycles. The normalized spacial score (nSPS) is 21.0. The molecule has 1 amide bonds. The van der Waals surface area contributed by atoms with E-state index in [0.29, 0.717) is 17.3 Å². The van der Waals surface area contributed by atoms with Gasteiger partial charge in [-0.15, -0.1) is 0 Å². The molecule has 4 heteroatoms. The third-order valence-electron chi connectivity index (χ3n) is 3.31. The summed E-state index contributed by atoms with van der Waals surface area (Å²) >= 11 is 0. The molecular formula is C13H19N3O. The molecule has 0 bridgehead atoms. The minimum atomic E-state index is 0.0269. The van der Waals surface area contributed by atoms with E-state index in [1.54, 1.807) is 12.1 Å². The van der Waals surface area contributed by atoms with Crippen LogP contribution >= 0.6 is 0 Å². The third kappa shape index (κ3) is 2.96. The smallest absolute Gasteiger partial charge is 0.272 e. The number of rotatable bonds is 1. The molecule has 0 radical (unpaired) electrons. The summed E-state index contributed by atoms with van der Waals surface area (Å²) in [6.45, 7) is 3.93. The zero-order valence-corrected chi connectivity index (χ0v) is 10.2. The maximum Gasteiger partial charge on any atom is 0.272 e. The molecule has 2 N–H and O–H groups in total. The van der Waals surface area contributed by atoms with Gasteiger partial charge in [0.15, 0.2) is 0 Å². The molecule has 0 aliphatic carbocycles. The number of likely N-dealkylation sites (tertiary alicyclic amines) is 1. The molecule has 0 spiro atoms. The van der Waals surface area contributed by atoms with Crippen molar-refractivity contribution in [3.8, 4) is 0 Å². The fourth-order valence-corrected chi connectivity index (χ4v) is 2.16. The number of aromatic nitrogens is 1. The Morgan fingerprint density at radius 2 is 2.24 bits per heavy atom. The van der Waals surface area contributed by atoms with Crippen LogP contribution in [0.25, 0.3) is 0 Å². The Morgan fingerprint density at radius 3 is 2.94 bits per heavy atom. The summed E-state index contributed by atoms with van der Waals surface area (Å²) in [6, 6.07) is 3.42. The third-order valence-corrected chi connectivity index (χ3v) is 3.31. The maximum absolute atomic E-state index is 12.2. The molecule has 1 saturated heterocycles. The molecule has 2 heterocycles. The van der Waals surface area contributed by atoms with Gasteiger partial charge in [-0.25, -0.2) is 4.98 Å². The van der Waals surface area contributed by atoms with E-state index >= 15 is 0 Å². The van der Waals surface area contributed by atoms with Gasteiger partial charge in [0.25, 0.3) is 5.91 Å². The van der Waals surface area contributed by atoms with Gasteiger partial charge in [-0.05, 0) is 37.3 Å². The van der Waals surface area contributed by atoms with Crippen molar-refractivity contribution in [1.29, 1.82) is 0 Å². The Labute approximate surface area is 102 Å². The van der Waals surface area contributed by atoms with Crippen molar-refractivity contribution in [1.82, 2.24) is 9.88 Å². The Kier molecular flexibility index (Phi) is 3.61. The second-order valence-electron chi connectivity index (χ2n) is 4.81. The van der Waals surface area contributed by atoms with E-state index in [-0.39, 0.29) is 5.91 Å². The Morgan fingerprint density at radius 1 is 1.41 bits per heavy atom. The van der Waals surface area contributed by atoms with Gasteiger partial charge in [-0.2, -0.15) is 0 Å². The summed E-state index contributed by atoms with van der Waals surface area (Å²) < 4.78 is 0. The first-order valence-corrected chi connectivity index (χ1v) is 6.17. The monoisotopic (exact) mass is 233 g/mol. The Hall–Kier alpha value is -1.58. The lowest BCUT2D eigenvalue weighted by molar-refractivity contribution is 0.0754. The van der Waals surface area contributed by atoms with Crippen LogP contribution in [0, 0.1) is 5.92 Å². The standard InChI is InChI=1S/C13H19N3O/c1-10-3-2-7-16(8-6-10)13(17)12-5-4-11(14)9-15-12/h4-5,9-10H,2-3,6-8,14H2,1H3. The molecule has 1 unspecified atom stereocenters. The van der Waals surface area contributed by atoms with Crippen molar-refractivity contribution < 1.29 is 4.79 Å². The van der Waals surface area contributed by atoms with Crippen molar-refractivity contribution in [3.05, 3.63) is 24.0 Å². The average Bonchev–Trinajstić information content (AvgIpc) is 2.54. The minimum absolute atomic E-state index is 0.0269. The van der Waals surface area contributed by atoms with Crippen LogP contribution in [0.1, 0.15) is 36.7 Å². The molecule has 1 aliphatic rings. The fraction of sp³-hybridized carbons (Fsp3) is 0.538. The van der Waals surface area contributed by atoms with E-state index < -0.39 is 0 Å². The van der Waals surface area contributed by atoms with Crippen molar-refractivity contribution in [2.75, 3.05) is 18.8 Å². The van der Waals surface area contributed by atoms with Gasteiger partial charge in [-0.3, -0.25) is 4.79 Å². The maximum atomic E-state index is 12.2. The number of nitrogen functional groups attached to an aromatic ring is 1. The van der Waals surface area contributed by atoms with Gasteiger partial charge in [0.1, 0.15) is 5.69 Å². The van der Waals surface area contributed by atoms with Crippen LogP contribution in [0.5, 0.6) is 0 Å². The highest BCUT2D eigenvalue weighted by Crippen LogP contribution is 2.17. The van der Waals surface area contributed by atoms with Gasteiger partial charge in [-0.1, -0.05) is 6.92 Å². The largest absolute Gasteiger partial charge is 0.397 e. The molecule has 17 heavy (non-hydrogen) atoms. The van der Waals surface area contributed by atoms with Crippen LogP contribution in [-0.4, -0.2) is 28.9 Å². The quantitative estimate of drug-likeness (QED) is 0.806. The summed E-state index contributed by atoms with van der Waals surface area (Å²) in [5.41, 5.74) is 6.64. The fourth-order valence-electron chi connectivity index (χ4n) is 2.16. The van der Waals surface area contributed by atoms with E-state index in [4.69, 9.17) is 5.73 Å². The van der Waals surface area contributed by atoms with Crippen LogP contribution < -0.4 is 5.73 Å². The van der Waals surface area contributed by atoms with E-state index in [1.165, 1.54) is 12.6 Å². The predicted molar refractivity (Wildman–Crippen MR) is 67.6 cm³/mol. The molecule has 1 atom stereocenters. The van der Waals surface area contributed by atoms with Crippen molar-refractivity contribution >= 4 is 11.6 Å². The Balaban J connectivity index is 2.06. The molecule has 1 fully saturated rings. The predicted octanol–water partition coefficient (Wildman–Crippen LogP) is 1.93. The molecule has 2 rings (SSSR count). The second kappa shape index (κ2) is 5.17. The minimum Gasteiger partial charge on any atom is -0.397 e. The van der Waals surface area contributed by atoms with Gasteiger partial charge in [0, 0.05) is 13.1 Å². The SMILES string of the molecule is CC1CCCN(C(=O)c2ccc(N)cn2)CC1. The first kappa shape index (κ1) is 11.9. The number of hydrogen-bond donors (Lipinski definition) is 1. The van der Waals surface area contributed by atoms with Crippen molar-refractivity contribution in [2.45, 2.75) is 26.2 Å². The summed E-state index contributed by atoms with van der Waals surface area (Å²) in [7, 11) is 0. The zero-order valence-electron chi connectivity index (χ0n) is 10.2. The van der Waals surface area contributed by atoms with Crippen LogP contribution in [-0.2, 0) is 0 Å². The summed E-state index contributed by atoms with van der Waals surface area (Å²) in [5, 5.41) is 0. The molecule has 4 nitrogen and oxygen atoms in total. The lowest BCUT2D eigenvalue weighted by Crippen LogP contribution is -2.32. The lowest BCUT2D eigenvalue weighted by atomic mass is 10.0. The van der Waals surface area contributed by atoms with Crippen molar-refractivity contribution in [3.63, 3.8) is 0 Å². The summed E-state index contributed by atoms with van der Waals surface area (Å²) in [4.78, 5) is 18.2. The highest BCUT2D eigenvalue weighted by molar-refractivity contribution is 5.92. The molecule has 0 aromatic carbocycles. The summed E-state index contributed by atoms with van der Waals surface area (Å²) in [6.07, 6.45) is 4.91.